The molecule has 0 saturated carbocycles. The van der Waals surface area contributed by atoms with Gasteiger partial charge in [-0.3, -0.25) is 4.79 Å². The Hall–Kier alpha value is -3.02. The number of benzene rings is 2. The average molecular weight is 371 g/mol. The second-order valence-corrected chi connectivity index (χ2v) is 6.33. The Bertz CT molecular complexity index is 770. The summed E-state index contributed by atoms with van der Waals surface area (Å²) >= 11 is 0. The number of esters is 1. The Morgan fingerprint density at radius 2 is 1.70 bits per heavy atom. The van der Waals surface area contributed by atoms with Crippen LogP contribution in [0.1, 0.15) is 29.8 Å². The maximum absolute atomic E-state index is 12.2. The van der Waals surface area contributed by atoms with Crippen LogP contribution in [0.15, 0.2) is 48.5 Å². The van der Waals surface area contributed by atoms with E-state index in [9.17, 15) is 9.59 Å². The lowest BCUT2D eigenvalue weighted by atomic mass is 10.2. The van der Waals surface area contributed by atoms with Crippen LogP contribution >= 0.6 is 0 Å². The molecule has 0 aromatic heterocycles. The molecular weight excluding hydrogens is 346 g/mol. The monoisotopic (exact) mass is 371 g/mol. The molecular formula is C21H25NO5. The van der Waals surface area contributed by atoms with Crippen LogP contribution in [-0.2, 0) is 16.1 Å². The molecule has 0 atom stereocenters. The van der Waals surface area contributed by atoms with Crippen molar-refractivity contribution in [2.45, 2.75) is 26.5 Å². The SMILES string of the molecule is COc1ccccc1CN(C)C(=O)COC(=O)c1ccc(OC(C)C)cc1. The zero-order valence-electron chi connectivity index (χ0n) is 16.1. The van der Waals surface area contributed by atoms with Crippen LogP contribution in [0, 0.1) is 0 Å². The van der Waals surface area contributed by atoms with E-state index >= 15 is 0 Å². The summed E-state index contributed by atoms with van der Waals surface area (Å²) in [6, 6.07) is 14.1. The van der Waals surface area contributed by atoms with E-state index in [0.717, 1.165) is 5.56 Å². The van der Waals surface area contributed by atoms with Gasteiger partial charge in [0.1, 0.15) is 11.5 Å². The highest BCUT2D eigenvalue weighted by molar-refractivity contribution is 5.91. The fourth-order valence-corrected chi connectivity index (χ4v) is 2.44. The van der Waals surface area contributed by atoms with Crippen LogP contribution in [0.5, 0.6) is 11.5 Å². The molecule has 0 bridgehead atoms. The third-order valence-corrected chi connectivity index (χ3v) is 3.81. The fraction of sp³-hybridized carbons (Fsp3) is 0.333. The largest absolute Gasteiger partial charge is 0.496 e. The summed E-state index contributed by atoms with van der Waals surface area (Å²) in [5.41, 5.74) is 1.24. The van der Waals surface area contributed by atoms with Crippen LogP contribution in [-0.4, -0.2) is 43.6 Å². The zero-order chi connectivity index (χ0) is 19.8. The molecule has 2 aromatic rings. The van der Waals surface area contributed by atoms with E-state index < -0.39 is 5.97 Å². The summed E-state index contributed by atoms with van der Waals surface area (Å²) < 4.78 is 15.9. The van der Waals surface area contributed by atoms with E-state index in [4.69, 9.17) is 14.2 Å². The van der Waals surface area contributed by atoms with Crippen LogP contribution in [0.4, 0.5) is 0 Å². The molecule has 0 aliphatic carbocycles. The average Bonchev–Trinajstić information content (AvgIpc) is 2.66. The second kappa shape index (κ2) is 9.62. The summed E-state index contributed by atoms with van der Waals surface area (Å²) in [7, 11) is 3.24. The molecule has 0 heterocycles. The third kappa shape index (κ3) is 6.02. The Morgan fingerprint density at radius 1 is 1.04 bits per heavy atom. The van der Waals surface area contributed by atoms with Gasteiger partial charge >= 0.3 is 5.97 Å². The summed E-state index contributed by atoms with van der Waals surface area (Å²) in [4.78, 5) is 25.8. The molecule has 6 nitrogen and oxygen atoms in total. The maximum atomic E-state index is 12.2. The van der Waals surface area contributed by atoms with Gasteiger partial charge in [-0.15, -0.1) is 0 Å². The first-order valence-corrected chi connectivity index (χ1v) is 8.70. The minimum absolute atomic E-state index is 0.0548. The van der Waals surface area contributed by atoms with Crippen molar-refractivity contribution in [3.63, 3.8) is 0 Å². The predicted octanol–water partition coefficient (Wildman–Crippen LogP) is 3.30. The number of carbonyl (C=O) groups excluding carboxylic acids is 2. The smallest absolute Gasteiger partial charge is 0.338 e. The molecule has 2 aromatic carbocycles. The number of carbonyl (C=O) groups is 2. The summed E-state index contributed by atoms with van der Waals surface area (Å²) in [5.74, 6) is 0.533. The van der Waals surface area contributed by atoms with Gasteiger partial charge in [-0.1, -0.05) is 18.2 Å². The van der Waals surface area contributed by atoms with Crippen molar-refractivity contribution >= 4 is 11.9 Å². The van der Waals surface area contributed by atoms with E-state index in [0.29, 0.717) is 23.6 Å². The number of rotatable bonds is 8. The van der Waals surface area contributed by atoms with Gasteiger partial charge in [0.05, 0.1) is 18.8 Å². The standard InChI is InChI=1S/C21H25NO5/c1-15(2)27-18-11-9-16(10-12-18)21(24)26-14-20(23)22(3)13-17-7-5-6-8-19(17)25-4/h5-12,15H,13-14H2,1-4H3. The number of hydrogen-bond donors (Lipinski definition) is 0. The Morgan fingerprint density at radius 3 is 2.33 bits per heavy atom. The highest BCUT2D eigenvalue weighted by atomic mass is 16.5. The Balaban J connectivity index is 1.87. The first-order valence-electron chi connectivity index (χ1n) is 8.70. The molecule has 0 aliphatic rings. The van der Waals surface area contributed by atoms with E-state index in [2.05, 4.69) is 0 Å². The van der Waals surface area contributed by atoms with Crippen molar-refractivity contribution in [2.24, 2.45) is 0 Å². The van der Waals surface area contributed by atoms with Gasteiger partial charge < -0.3 is 19.1 Å². The van der Waals surface area contributed by atoms with Crippen molar-refractivity contribution in [3.8, 4) is 11.5 Å². The van der Waals surface area contributed by atoms with Crippen molar-refractivity contribution < 1.29 is 23.8 Å². The number of para-hydroxylation sites is 1. The number of amides is 1. The molecule has 1 amide bonds. The van der Waals surface area contributed by atoms with Gasteiger partial charge in [0.25, 0.3) is 5.91 Å². The van der Waals surface area contributed by atoms with Gasteiger partial charge in [-0.2, -0.15) is 0 Å². The lowest BCUT2D eigenvalue weighted by Crippen LogP contribution is -2.31. The number of likely N-dealkylation sites (N-methyl/N-ethyl adjacent to an activating group) is 1. The first kappa shape index (κ1) is 20.3. The highest BCUT2D eigenvalue weighted by Crippen LogP contribution is 2.19. The number of ether oxygens (including phenoxy) is 3. The zero-order valence-corrected chi connectivity index (χ0v) is 16.1. The normalized spacial score (nSPS) is 10.4. The van der Waals surface area contributed by atoms with Crippen molar-refractivity contribution in [1.82, 2.24) is 4.90 Å². The van der Waals surface area contributed by atoms with Gasteiger partial charge in [0.2, 0.25) is 0 Å². The third-order valence-electron chi connectivity index (χ3n) is 3.81. The number of nitrogens with zero attached hydrogens (tertiary/aromatic N) is 1. The lowest BCUT2D eigenvalue weighted by molar-refractivity contribution is -0.133. The predicted molar refractivity (Wildman–Crippen MR) is 102 cm³/mol. The van der Waals surface area contributed by atoms with E-state index in [1.807, 2.05) is 38.1 Å². The quantitative estimate of drug-likeness (QED) is 0.666. The molecule has 144 valence electrons. The van der Waals surface area contributed by atoms with Gasteiger partial charge in [0.15, 0.2) is 6.61 Å². The highest BCUT2D eigenvalue weighted by Gasteiger charge is 2.15. The van der Waals surface area contributed by atoms with Crippen LogP contribution < -0.4 is 9.47 Å². The van der Waals surface area contributed by atoms with Gasteiger partial charge in [-0.25, -0.2) is 4.79 Å². The van der Waals surface area contributed by atoms with Gasteiger partial charge in [0, 0.05) is 19.2 Å². The molecule has 0 aliphatic heterocycles. The van der Waals surface area contributed by atoms with E-state index in [1.54, 1.807) is 38.4 Å². The number of methoxy groups -OCH3 is 1. The number of hydrogen-bond acceptors (Lipinski definition) is 5. The molecule has 0 fully saturated rings. The van der Waals surface area contributed by atoms with Crippen LogP contribution in [0.3, 0.4) is 0 Å². The molecule has 6 heteroatoms. The van der Waals surface area contributed by atoms with Crippen LogP contribution in [0.2, 0.25) is 0 Å². The molecule has 0 spiro atoms. The molecule has 0 saturated heterocycles. The molecule has 27 heavy (non-hydrogen) atoms. The molecule has 2 rings (SSSR count). The fourth-order valence-electron chi connectivity index (χ4n) is 2.44. The Labute approximate surface area is 159 Å². The first-order chi connectivity index (χ1) is 12.9. The van der Waals surface area contributed by atoms with Crippen molar-refractivity contribution in [2.75, 3.05) is 20.8 Å². The summed E-state index contributed by atoms with van der Waals surface area (Å²) in [6.45, 7) is 3.89. The van der Waals surface area contributed by atoms with E-state index in [-0.39, 0.29) is 18.6 Å². The molecule has 0 radical (unpaired) electrons. The van der Waals surface area contributed by atoms with Crippen LogP contribution in [0.25, 0.3) is 0 Å². The maximum Gasteiger partial charge on any atom is 0.338 e. The topological polar surface area (TPSA) is 65.1 Å². The lowest BCUT2D eigenvalue weighted by Gasteiger charge is -2.18. The van der Waals surface area contributed by atoms with Crippen molar-refractivity contribution in [3.05, 3.63) is 59.7 Å². The molecule has 0 unspecified atom stereocenters. The van der Waals surface area contributed by atoms with E-state index in [1.165, 1.54) is 4.90 Å². The Kier molecular flexibility index (Phi) is 7.23. The summed E-state index contributed by atoms with van der Waals surface area (Å²) in [5, 5.41) is 0. The minimum Gasteiger partial charge on any atom is -0.496 e. The second-order valence-electron chi connectivity index (χ2n) is 6.33. The van der Waals surface area contributed by atoms with Gasteiger partial charge in [-0.05, 0) is 44.2 Å². The molecule has 0 N–H and O–H groups in total. The summed E-state index contributed by atoms with van der Waals surface area (Å²) in [6.07, 6.45) is 0.0548. The van der Waals surface area contributed by atoms with Crippen molar-refractivity contribution in [1.29, 1.82) is 0 Å². The minimum atomic E-state index is -0.551.